The van der Waals surface area contributed by atoms with Crippen LogP contribution < -0.4 is 4.74 Å². The van der Waals surface area contributed by atoms with E-state index in [1.807, 2.05) is 20.8 Å². The Hall–Kier alpha value is -1.62. The third-order valence-electron chi connectivity index (χ3n) is 1.84. The minimum Gasteiger partial charge on any atom is -0.491 e. The molecule has 0 amide bonds. The van der Waals surface area contributed by atoms with Crippen molar-refractivity contribution >= 4 is 5.97 Å². The second-order valence-corrected chi connectivity index (χ2v) is 4.49. The number of rotatable bonds is 5. The van der Waals surface area contributed by atoms with Crippen LogP contribution in [0.2, 0.25) is 0 Å². The van der Waals surface area contributed by atoms with E-state index in [-0.39, 0.29) is 11.3 Å². The summed E-state index contributed by atoms with van der Waals surface area (Å²) in [7, 11) is 0. The number of nitrogens with zero attached hydrogens (tertiary/aromatic N) is 1. The molecule has 17 heavy (non-hydrogen) atoms. The SMILES string of the molecule is CC(C)(C)OCCOc1ccnc(C(=O)O)c1. The first-order chi connectivity index (χ1) is 7.88. The Kier molecular flexibility index (Phi) is 4.45. The largest absolute Gasteiger partial charge is 0.491 e. The third kappa shape index (κ3) is 5.31. The van der Waals surface area contributed by atoms with Gasteiger partial charge in [0, 0.05) is 12.3 Å². The van der Waals surface area contributed by atoms with Crippen molar-refractivity contribution in [1.29, 1.82) is 0 Å². The van der Waals surface area contributed by atoms with Crippen molar-refractivity contribution < 1.29 is 19.4 Å². The van der Waals surface area contributed by atoms with Crippen LogP contribution in [-0.2, 0) is 4.74 Å². The molecule has 0 radical (unpaired) electrons. The molecule has 0 aromatic carbocycles. The molecule has 5 heteroatoms. The third-order valence-corrected chi connectivity index (χ3v) is 1.84. The van der Waals surface area contributed by atoms with Crippen LogP contribution in [0.5, 0.6) is 5.75 Å². The van der Waals surface area contributed by atoms with E-state index in [4.69, 9.17) is 14.6 Å². The number of carboxylic acid groups (broad SMARTS) is 1. The van der Waals surface area contributed by atoms with Crippen molar-refractivity contribution in [3.05, 3.63) is 24.0 Å². The van der Waals surface area contributed by atoms with Crippen LogP contribution >= 0.6 is 0 Å². The lowest BCUT2D eigenvalue weighted by Gasteiger charge is -2.19. The van der Waals surface area contributed by atoms with Crippen LogP contribution in [0.4, 0.5) is 0 Å². The highest BCUT2D eigenvalue weighted by molar-refractivity contribution is 5.85. The van der Waals surface area contributed by atoms with E-state index >= 15 is 0 Å². The average molecular weight is 239 g/mol. The Bertz CT molecular complexity index is 384. The van der Waals surface area contributed by atoms with E-state index in [2.05, 4.69) is 4.98 Å². The fraction of sp³-hybridized carbons (Fsp3) is 0.500. The first-order valence-electron chi connectivity index (χ1n) is 5.34. The number of aromatic nitrogens is 1. The second kappa shape index (κ2) is 5.63. The van der Waals surface area contributed by atoms with Crippen LogP contribution in [0.15, 0.2) is 18.3 Å². The van der Waals surface area contributed by atoms with Gasteiger partial charge in [-0.15, -0.1) is 0 Å². The van der Waals surface area contributed by atoms with Gasteiger partial charge in [-0.3, -0.25) is 0 Å². The Balaban J connectivity index is 2.42. The highest BCUT2D eigenvalue weighted by Gasteiger charge is 2.10. The van der Waals surface area contributed by atoms with Crippen LogP contribution in [0.25, 0.3) is 0 Å². The van der Waals surface area contributed by atoms with Crippen molar-refractivity contribution in [2.75, 3.05) is 13.2 Å². The zero-order valence-electron chi connectivity index (χ0n) is 10.3. The molecule has 0 aliphatic carbocycles. The molecular weight excluding hydrogens is 222 g/mol. The van der Waals surface area contributed by atoms with Gasteiger partial charge in [-0.2, -0.15) is 0 Å². The summed E-state index contributed by atoms with van der Waals surface area (Å²) in [5.74, 6) is -0.587. The van der Waals surface area contributed by atoms with Crippen molar-refractivity contribution in [3.8, 4) is 5.75 Å². The molecule has 0 saturated carbocycles. The number of aromatic carboxylic acids is 1. The summed E-state index contributed by atoms with van der Waals surface area (Å²) in [5.41, 5.74) is -0.229. The second-order valence-electron chi connectivity index (χ2n) is 4.49. The summed E-state index contributed by atoms with van der Waals surface area (Å²) in [6.45, 7) is 6.71. The summed E-state index contributed by atoms with van der Waals surface area (Å²) in [5, 5.41) is 8.74. The smallest absolute Gasteiger partial charge is 0.354 e. The van der Waals surface area contributed by atoms with Gasteiger partial charge in [-0.25, -0.2) is 9.78 Å². The van der Waals surface area contributed by atoms with Gasteiger partial charge in [0.1, 0.15) is 12.4 Å². The molecule has 0 fully saturated rings. The monoisotopic (exact) mass is 239 g/mol. The van der Waals surface area contributed by atoms with E-state index in [0.29, 0.717) is 19.0 Å². The van der Waals surface area contributed by atoms with Gasteiger partial charge in [0.2, 0.25) is 0 Å². The lowest BCUT2D eigenvalue weighted by atomic mass is 10.2. The Labute approximate surface area is 100 Å². The number of pyridine rings is 1. The van der Waals surface area contributed by atoms with Crippen molar-refractivity contribution in [3.63, 3.8) is 0 Å². The Morgan fingerprint density at radius 1 is 1.41 bits per heavy atom. The molecule has 0 atom stereocenters. The minimum atomic E-state index is -1.07. The average Bonchev–Trinajstić information content (AvgIpc) is 2.23. The minimum absolute atomic E-state index is 0.0285. The van der Waals surface area contributed by atoms with Gasteiger partial charge in [0.25, 0.3) is 0 Å². The lowest BCUT2D eigenvalue weighted by Crippen LogP contribution is -2.22. The predicted octanol–water partition coefficient (Wildman–Crippen LogP) is 1.97. The summed E-state index contributed by atoms with van der Waals surface area (Å²) >= 11 is 0. The zero-order valence-corrected chi connectivity index (χ0v) is 10.3. The number of carboxylic acids is 1. The lowest BCUT2D eigenvalue weighted by molar-refractivity contribution is -0.0163. The van der Waals surface area contributed by atoms with Gasteiger partial charge in [-0.1, -0.05) is 0 Å². The summed E-state index contributed by atoms with van der Waals surface area (Å²) in [6, 6.07) is 3.00. The molecule has 0 saturated heterocycles. The first-order valence-corrected chi connectivity index (χ1v) is 5.34. The molecule has 1 rings (SSSR count). The maximum atomic E-state index is 10.7. The standard InChI is InChI=1S/C12H17NO4/c1-12(2,3)17-7-6-16-9-4-5-13-10(8-9)11(14)15/h4-5,8H,6-7H2,1-3H3,(H,14,15). The molecule has 0 spiro atoms. The van der Waals surface area contributed by atoms with Crippen molar-refractivity contribution in [2.24, 2.45) is 0 Å². The summed E-state index contributed by atoms with van der Waals surface area (Å²) in [4.78, 5) is 14.4. The van der Waals surface area contributed by atoms with Gasteiger partial charge in [-0.05, 0) is 26.8 Å². The first kappa shape index (κ1) is 13.4. The molecule has 1 aromatic heterocycles. The highest BCUT2D eigenvalue weighted by atomic mass is 16.5. The zero-order chi connectivity index (χ0) is 12.9. The highest BCUT2D eigenvalue weighted by Crippen LogP contribution is 2.11. The van der Waals surface area contributed by atoms with E-state index in [1.165, 1.54) is 12.3 Å². The van der Waals surface area contributed by atoms with E-state index in [9.17, 15) is 4.79 Å². The molecule has 0 bridgehead atoms. The van der Waals surface area contributed by atoms with E-state index in [1.54, 1.807) is 6.07 Å². The van der Waals surface area contributed by atoms with E-state index < -0.39 is 5.97 Å². The maximum absolute atomic E-state index is 10.7. The molecule has 0 aliphatic heterocycles. The quantitative estimate of drug-likeness (QED) is 0.795. The molecule has 94 valence electrons. The molecule has 1 aromatic rings. The van der Waals surface area contributed by atoms with Gasteiger partial charge in [0.15, 0.2) is 5.69 Å². The maximum Gasteiger partial charge on any atom is 0.354 e. The predicted molar refractivity (Wildman–Crippen MR) is 62.4 cm³/mol. The number of ether oxygens (including phenoxy) is 2. The van der Waals surface area contributed by atoms with Crippen LogP contribution in [0.1, 0.15) is 31.3 Å². The topological polar surface area (TPSA) is 68.7 Å². The van der Waals surface area contributed by atoms with Crippen LogP contribution in [-0.4, -0.2) is 34.9 Å². The van der Waals surface area contributed by atoms with E-state index in [0.717, 1.165) is 0 Å². The number of hydrogen-bond donors (Lipinski definition) is 1. The Morgan fingerprint density at radius 2 is 2.12 bits per heavy atom. The molecule has 0 aliphatic rings. The van der Waals surface area contributed by atoms with Crippen LogP contribution in [0.3, 0.4) is 0 Å². The van der Waals surface area contributed by atoms with Crippen molar-refractivity contribution in [2.45, 2.75) is 26.4 Å². The summed E-state index contributed by atoms with van der Waals surface area (Å²) < 4.78 is 10.8. The van der Waals surface area contributed by atoms with Gasteiger partial charge >= 0.3 is 5.97 Å². The molecule has 5 nitrogen and oxygen atoms in total. The van der Waals surface area contributed by atoms with Crippen molar-refractivity contribution in [1.82, 2.24) is 4.98 Å². The number of hydrogen-bond acceptors (Lipinski definition) is 4. The van der Waals surface area contributed by atoms with Crippen LogP contribution in [0, 0.1) is 0 Å². The molecule has 1 heterocycles. The Morgan fingerprint density at radius 3 is 2.71 bits per heavy atom. The fourth-order valence-electron chi connectivity index (χ4n) is 1.13. The molecule has 0 unspecified atom stereocenters. The molecular formula is C12H17NO4. The van der Waals surface area contributed by atoms with Gasteiger partial charge < -0.3 is 14.6 Å². The number of carbonyl (C=O) groups is 1. The molecule has 1 N–H and O–H groups in total. The fourth-order valence-corrected chi connectivity index (χ4v) is 1.13. The normalized spacial score (nSPS) is 11.2. The van der Waals surface area contributed by atoms with Gasteiger partial charge in [0.05, 0.1) is 12.2 Å². The summed E-state index contributed by atoms with van der Waals surface area (Å²) in [6.07, 6.45) is 1.41.